The Kier molecular flexibility index (Phi) is 5.14. The maximum absolute atomic E-state index is 12.0. The molecule has 2 N–H and O–H groups in total. The number of hydrogen-bond donors (Lipinski definition) is 1. The van der Waals surface area contributed by atoms with Crippen LogP contribution in [0.2, 0.25) is 0 Å². The molecule has 1 fully saturated rings. The van der Waals surface area contributed by atoms with Gasteiger partial charge in [0.25, 0.3) is 0 Å². The van der Waals surface area contributed by atoms with Crippen molar-refractivity contribution in [1.29, 1.82) is 5.26 Å². The van der Waals surface area contributed by atoms with Gasteiger partial charge in [0.05, 0.1) is 25.4 Å². The van der Waals surface area contributed by atoms with Crippen molar-refractivity contribution in [2.75, 3.05) is 39.6 Å². The Morgan fingerprint density at radius 2 is 2.00 bits per heavy atom. The molecule has 5 nitrogen and oxygen atoms in total. The van der Waals surface area contributed by atoms with Crippen LogP contribution in [0.4, 0.5) is 13.2 Å². The highest BCUT2D eigenvalue weighted by Crippen LogP contribution is 2.17. The number of hydrogen-bond acceptors (Lipinski definition) is 5. The van der Waals surface area contributed by atoms with Crippen molar-refractivity contribution in [3.63, 3.8) is 0 Å². The molecule has 1 rings (SSSR count). The maximum Gasteiger partial charge on any atom is 0.411 e. The van der Waals surface area contributed by atoms with Crippen molar-refractivity contribution < 1.29 is 17.9 Å². The fraction of sp³-hybridized carbons (Fsp3) is 0.889. The summed E-state index contributed by atoms with van der Waals surface area (Å²) in [5.41, 5.74) is 5.44. The summed E-state index contributed by atoms with van der Waals surface area (Å²) in [5, 5.41) is 8.56. The van der Waals surface area contributed by atoms with Gasteiger partial charge in [-0.05, 0) is 0 Å². The summed E-state index contributed by atoms with van der Waals surface area (Å²) in [6, 6.07) is 1.96. The average molecular weight is 252 g/mol. The number of nitrogens with zero attached hydrogens (tertiary/aromatic N) is 3. The Hall–Kier alpha value is -0.880. The van der Waals surface area contributed by atoms with Crippen LogP contribution in [-0.2, 0) is 4.74 Å². The van der Waals surface area contributed by atoms with E-state index in [1.54, 1.807) is 9.80 Å². The van der Waals surface area contributed by atoms with Crippen molar-refractivity contribution in [2.45, 2.75) is 12.3 Å². The molecule has 0 bridgehead atoms. The second-order valence-corrected chi connectivity index (χ2v) is 3.90. The predicted octanol–water partition coefficient (Wildman–Crippen LogP) is -0.0512. The van der Waals surface area contributed by atoms with Gasteiger partial charge in [-0.25, -0.2) is 0 Å². The van der Waals surface area contributed by atoms with Crippen molar-refractivity contribution in [2.24, 2.45) is 5.73 Å². The van der Waals surface area contributed by atoms with E-state index in [9.17, 15) is 13.2 Å². The Labute approximate surface area is 97.5 Å². The van der Waals surface area contributed by atoms with Gasteiger partial charge in [0.1, 0.15) is 6.61 Å². The first-order valence-corrected chi connectivity index (χ1v) is 5.14. The monoisotopic (exact) mass is 252 g/mol. The van der Waals surface area contributed by atoms with Crippen LogP contribution in [0.5, 0.6) is 0 Å². The SMILES string of the molecule is N#CCN1CC(OCC(F)(F)F)CN(CN)C1. The van der Waals surface area contributed by atoms with Crippen LogP contribution in [0.25, 0.3) is 0 Å². The molecule has 1 heterocycles. The summed E-state index contributed by atoms with van der Waals surface area (Å²) in [6.07, 6.45) is -4.90. The van der Waals surface area contributed by atoms with E-state index in [-0.39, 0.29) is 13.2 Å². The molecule has 0 aliphatic carbocycles. The summed E-state index contributed by atoms with van der Waals surface area (Å²) >= 11 is 0. The van der Waals surface area contributed by atoms with Crippen LogP contribution in [0, 0.1) is 11.3 Å². The molecule has 17 heavy (non-hydrogen) atoms. The molecular formula is C9H15F3N4O. The van der Waals surface area contributed by atoms with Gasteiger partial charge in [0, 0.05) is 19.8 Å². The summed E-state index contributed by atoms with van der Waals surface area (Å²) in [5.74, 6) is 0. The van der Waals surface area contributed by atoms with Gasteiger partial charge in [-0.3, -0.25) is 9.80 Å². The lowest BCUT2D eigenvalue weighted by Gasteiger charge is -2.38. The molecule has 1 aliphatic rings. The fourth-order valence-electron chi connectivity index (χ4n) is 1.70. The van der Waals surface area contributed by atoms with Crippen LogP contribution < -0.4 is 5.73 Å². The molecule has 0 spiro atoms. The summed E-state index contributed by atoms with van der Waals surface area (Å²) < 4.78 is 40.8. The minimum atomic E-state index is -4.33. The van der Waals surface area contributed by atoms with E-state index in [0.29, 0.717) is 19.8 Å². The lowest BCUT2D eigenvalue weighted by molar-refractivity contribution is -0.193. The van der Waals surface area contributed by atoms with Crippen molar-refractivity contribution >= 4 is 0 Å². The van der Waals surface area contributed by atoms with Crippen LogP contribution >= 0.6 is 0 Å². The highest BCUT2D eigenvalue weighted by Gasteiger charge is 2.32. The van der Waals surface area contributed by atoms with Gasteiger partial charge < -0.3 is 10.5 Å². The van der Waals surface area contributed by atoms with E-state index in [1.807, 2.05) is 6.07 Å². The zero-order chi connectivity index (χ0) is 12.9. The smallest absolute Gasteiger partial charge is 0.366 e. The lowest BCUT2D eigenvalue weighted by Crippen LogP contribution is -2.54. The Morgan fingerprint density at radius 3 is 2.53 bits per heavy atom. The first kappa shape index (κ1) is 14.2. The maximum atomic E-state index is 12.0. The quantitative estimate of drug-likeness (QED) is 0.711. The van der Waals surface area contributed by atoms with Gasteiger partial charge >= 0.3 is 6.18 Å². The molecule has 98 valence electrons. The Bertz CT molecular complexity index is 278. The van der Waals surface area contributed by atoms with Crippen molar-refractivity contribution in [1.82, 2.24) is 9.80 Å². The number of ether oxygens (including phenoxy) is 1. The normalized spacial score (nSPS) is 23.6. The van der Waals surface area contributed by atoms with Crippen molar-refractivity contribution in [3.05, 3.63) is 0 Å². The van der Waals surface area contributed by atoms with E-state index in [2.05, 4.69) is 0 Å². The Morgan fingerprint density at radius 1 is 1.35 bits per heavy atom. The number of rotatable bonds is 4. The molecule has 0 saturated carbocycles. The van der Waals surface area contributed by atoms with E-state index in [4.69, 9.17) is 15.7 Å². The molecule has 0 radical (unpaired) electrons. The predicted molar refractivity (Wildman–Crippen MR) is 53.6 cm³/mol. The minimum absolute atomic E-state index is 0.155. The third-order valence-corrected chi connectivity index (χ3v) is 2.36. The fourth-order valence-corrected chi connectivity index (χ4v) is 1.70. The second kappa shape index (κ2) is 6.16. The largest absolute Gasteiger partial charge is 0.411 e. The Balaban J connectivity index is 2.45. The van der Waals surface area contributed by atoms with Gasteiger partial charge in [-0.1, -0.05) is 0 Å². The topological polar surface area (TPSA) is 65.5 Å². The minimum Gasteiger partial charge on any atom is -0.366 e. The molecule has 8 heteroatoms. The lowest BCUT2D eigenvalue weighted by atomic mass is 10.2. The van der Waals surface area contributed by atoms with Gasteiger partial charge in [0.15, 0.2) is 0 Å². The standard InChI is InChI=1S/C9H15F3N4O/c10-9(11,12)5-17-8-3-15(2-1-13)7-16(4-8)6-14/h8H,2-7,14H2. The van der Waals surface area contributed by atoms with E-state index >= 15 is 0 Å². The van der Waals surface area contributed by atoms with E-state index in [1.165, 1.54) is 0 Å². The van der Waals surface area contributed by atoms with E-state index in [0.717, 1.165) is 0 Å². The first-order chi connectivity index (χ1) is 7.94. The van der Waals surface area contributed by atoms with Crippen LogP contribution in [0.3, 0.4) is 0 Å². The van der Waals surface area contributed by atoms with Gasteiger partial charge in [-0.2, -0.15) is 18.4 Å². The molecular weight excluding hydrogens is 237 g/mol. The first-order valence-electron chi connectivity index (χ1n) is 5.14. The van der Waals surface area contributed by atoms with Crippen LogP contribution in [-0.4, -0.2) is 61.7 Å². The summed E-state index contributed by atoms with van der Waals surface area (Å²) in [6.45, 7) is 0.275. The summed E-state index contributed by atoms with van der Waals surface area (Å²) in [4.78, 5) is 3.44. The van der Waals surface area contributed by atoms with Gasteiger partial charge in [-0.15, -0.1) is 0 Å². The van der Waals surface area contributed by atoms with Crippen LogP contribution in [0.1, 0.15) is 0 Å². The number of halogens is 3. The van der Waals surface area contributed by atoms with E-state index < -0.39 is 18.9 Å². The molecule has 1 atom stereocenters. The highest BCUT2D eigenvalue weighted by atomic mass is 19.4. The molecule has 1 unspecified atom stereocenters. The zero-order valence-corrected chi connectivity index (χ0v) is 9.28. The molecule has 0 aromatic carbocycles. The van der Waals surface area contributed by atoms with Gasteiger partial charge in [0.2, 0.25) is 0 Å². The molecule has 1 aliphatic heterocycles. The number of alkyl halides is 3. The molecule has 1 saturated heterocycles. The molecule has 0 aromatic rings. The second-order valence-electron chi connectivity index (χ2n) is 3.90. The number of nitriles is 1. The third-order valence-electron chi connectivity index (χ3n) is 2.36. The number of nitrogens with two attached hydrogens (primary N) is 1. The zero-order valence-electron chi connectivity index (χ0n) is 9.28. The molecule has 0 aromatic heterocycles. The van der Waals surface area contributed by atoms with Crippen molar-refractivity contribution in [3.8, 4) is 6.07 Å². The molecule has 0 amide bonds. The highest BCUT2D eigenvalue weighted by molar-refractivity contribution is 4.83. The third kappa shape index (κ3) is 5.32. The average Bonchev–Trinajstić information content (AvgIpc) is 2.25. The summed E-state index contributed by atoms with van der Waals surface area (Å²) in [7, 11) is 0. The van der Waals surface area contributed by atoms with Crippen LogP contribution in [0.15, 0.2) is 0 Å².